The van der Waals surface area contributed by atoms with E-state index in [-0.39, 0.29) is 0 Å². The van der Waals surface area contributed by atoms with E-state index in [4.69, 9.17) is 0 Å². The molecule has 4 heteroatoms. The van der Waals surface area contributed by atoms with Crippen LogP contribution < -0.4 is 4.90 Å². The molecule has 1 aromatic carbocycles. The maximum absolute atomic E-state index is 12.4. The number of halogens is 3. The molecule has 0 aliphatic carbocycles. The van der Waals surface area contributed by atoms with Gasteiger partial charge in [-0.2, -0.15) is 13.2 Å². The molecule has 0 spiro atoms. The van der Waals surface area contributed by atoms with Gasteiger partial charge in [-0.1, -0.05) is 32.6 Å². The van der Waals surface area contributed by atoms with Crippen LogP contribution in [0, 0.1) is 0 Å². The number of nitrogens with zero attached hydrogens (tertiary/aromatic N) is 1. The highest BCUT2D eigenvalue weighted by molar-refractivity contribution is 5.54. The molecule has 19 heavy (non-hydrogen) atoms. The summed E-state index contributed by atoms with van der Waals surface area (Å²) in [6, 6.07) is 6.03. The summed E-state index contributed by atoms with van der Waals surface area (Å²) < 4.78 is 37.3. The summed E-state index contributed by atoms with van der Waals surface area (Å²) in [5.74, 6) is 0. The van der Waals surface area contributed by atoms with E-state index in [2.05, 4.69) is 11.8 Å². The second kappa shape index (κ2) is 5.85. The molecule has 2 rings (SSSR count). The van der Waals surface area contributed by atoms with Gasteiger partial charge in [0.1, 0.15) is 0 Å². The Balaban J connectivity index is 1.81. The molecule has 0 bridgehead atoms. The molecular formula is C15H20F3N. The lowest BCUT2D eigenvalue weighted by Crippen LogP contribution is -2.05. The molecule has 1 fully saturated rings. The van der Waals surface area contributed by atoms with Crippen molar-refractivity contribution in [3.8, 4) is 0 Å². The van der Waals surface area contributed by atoms with Crippen LogP contribution in [0.5, 0.6) is 0 Å². The van der Waals surface area contributed by atoms with Crippen LogP contribution in [0.4, 0.5) is 18.9 Å². The van der Waals surface area contributed by atoms with Crippen LogP contribution in [0.15, 0.2) is 24.3 Å². The molecule has 1 aliphatic rings. The van der Waals surface area contributed by atoms with Gasteiger partial charge in [0.25, 0.3) is 0 Å². The van der Waals surface area contributed by atoms with Crippen molar-refractivity contribution >= 4 is 5.69 Å². The Morgan fingerprint density at radius 2 is 1.79 bits per heavy atom. The van der Waals surface area contributed by atoms with Crippen LogP contribution >= 0.6 is 0 Å². The Hall–Kier alpha value is -1.19. The third-order valence-electron chi connectivity index (χ3n) is 3.63. The normalized spacial score (nSPS) is 18.7. The van der Waals surface area contributed by atoms with Crippen molar-refractivity contribution in [1.82, 2.24) is 0 Å². The fourth-order valence-corrected chi connectivity index (χ4v) is 2.39. The smallest absolute Gasteiger partial charge is 0.365 e. The van der Waals surface area contributed by atoms with E-state index in [1.165, 1.54) is 37.8 Å². The SMILES string of the molecule is CCCCCCC1CN1c1ccc(C(F)(F)F)cc1. The highest BCUT2D eigenvalue weighted by Gasteiger charge is 2.34. The summed E-state index contributed by atoms with van der Waals surface area (Å²) in [4.78, 5) is 2.17. The molecule has 1 unspecified atom stereocenters. The number of benzene rings is 1. The molecule has 0 N–H and O–H groups in total. The van der Waals surface area contributed by atoms with Crippen LogP contribution in [-0.2, 0) is 6.18 Å². The maximum atomic E-state index is 12.4. The van der Waals surface area contributed by atoms with Gasteiger partial charge in [0.05, 0.1) is 5.56 Å². The highest BCUT2D eigenvalue weighted by Crippen LogP contribution is 2.34. The number of anilines is 1. The van der Waals surface area contributed by atoms with E-state index >= 15 is 0 Å². The minimum absolute atomic E-state index is 0.536. The van der Waals surface area contributed by atoms with Crippen LogP contribution in [-0.4, -0.2) is 12.6 Å². The fourth-order valence-electron chi connectivity index (χ4n) is 2.39. The monoisotopic (exact) mass is 271 g/mol. The predicted molar refractivity (Wildman–Crippen MR) is 71.3 cm³/mol. The van der Waals surface area contributed by atoms with E-state index in [0.29, 0.717) is 6.04 Å². The molecule has 1 heterocycles. The van der Waals surface area contributed by atoms with Crippen molar-refractivity contribution in [2.24, 2.45) is 0 Å². The van der Waals surface area contributed by atoms with Gasteiger partial charge >= 0.3 is 6.18 Å². The average Bonchev–Trinajstić information content (AvgIpc) is 3.13. The number of alkyl halides is 3. The van der Waals surface area contributed by atoms with Gasteiger partial charge in [-0.05, 0) is 30.7 Å². The number of unbranched alkanes of at least 4 members (excludes halogenated alkanes) is 3. The second-order valence-corrected chi connectivity index (χ2v) is 5.20. The summed E-state index contributed by atoms with van der Waals surface area (Å²) in [6.45, 7) is 3.17. The summed E-state index contributed by atoms with van der Waals surface area (Å²) >= 11 is 0. The van der Waals surface area contributed by atoms with Crippen LogP contribution in [0.25, 0.3) is 0 Å². The Bertz CT molecular complexity index is 397. The van der Waals surface area contributed by atoms with E-state index in [0.717, 1.165) is 18.7 Å². The summed E-state index contributed by atoms with van der Waals surface area (Å²) in [5, 5.41) is 0. The zero-order chi connectivity index (χ0) is 13.9. The van der Waals surface area contributed by atoms with Gasteiger partial charge in [-0.25, -0.2) is 0 Å². The van der Waals surface area contributed by atoms with Gasteiger partial charge < -0.3 is 4.90 Å². The molecule has 0 saturated carbocycles. The zero-order valence-electron chi connectivity index (χ0n) is 11.2. The molecule has 0 amide bonds. The van der Waals surface area contributed by atoms with Gasteiger partial charge in [0.15, 0.2) is 0 Å². The Kier molecular flexibility index (Phi) is 4.38. The van der Waals surface area contributed by atoms with Gasteiger partial charge in [0.2, 0.25) is 0 Å². The Labute approximate surface area is 112 Å². The lowest BCUT2D eigenvalue weighted by Gasteiger charge is -2.09. The van der Waals surface area contributed by atoms with Gasteiger partial charge in [-0.3, -0.25) is 0 Å². The molecule has 1 aliphatic heterocycles. The highest BCUT2D eigenvalue weighted by atomic mass is 19.4. The first-order valence-corrected chi connectivity index (χ1v) is 6.96. The molecule has 1 nitrogen and oxygen atoms in total. The van der Waals surface area contributed by atoms with Crippen LogP contribution in [0.2, 0.25) is 0 Å². The predicted octanol–water partition coefficient (Wildman–Crippen LogP) is 4.86. The van der Waals surface area contributed by atoms with Crippen molar-refractivity contribution in [2.75, 3.05) is 11.4 Å². The first kappa shape index (κ1) is 14.2. The van der Waals surface area contributed by atoms with Crippen molar-refractivity contribution in [2.45, 2.75) is 51.2 Å². The molecule has 1 atom stereocenters. The standard InChI is InChI=1S/C15H20F3N/c1-2-3-4-5-6-14-11-19(14)13-9-7-12(8-10-13)15(16,17)18/h7-10,14H,2-6,11H2,1H3. The van der Waals surface area contributed by atoms with Crippen LogP contribution in [0.1, 0.15) is 44.6 Å². The van der Waals surface area contributed by atoms with Crippen molar-refractivity contribution < 1.29 is 13.2 Å². The molecule has 106 valence electrons. The van der Waals surface area contributed by atoms with E-state index < -0.39 is 11.7 Å². The number of rotatable bonds is 6. The molecular weight excluding hydrogens is 251 g/mol. The number of hydrogen-bond acceptors (Lipinski definition) is 1. The van der Waals surface area contributed by atoms with E-state index in [9.17, 15) is 13.2 Å². The Morgan fingerprint density at radius 1 is 1.11 bits per heavy atom. The van der Waals surface area contributed by atoms with Gasteiger partial charge in [-0.15, -0.1) is 0 Å². The maximum Gasteiger partial charge on any atom is 0.416 e. The van der Waals surface area contributed by atoms with Crippen molar-refractivity contribution in [1.29, 1.82) is 0 Å². The van der Waals surface area contributed by atoms with Crippen LogP contribution in [0.3, 0.4) is 0 Å². The largest absolute Gasteiger partial charge is 0.416 e. The first-order chi connectivity index (χ1) is 9.02. The zero-order valence-corrected chi connectivity index (χ0v) is 11.2. The quantitative estimate of drug-likeness (QED) is 0.527. The minimum Gasteiger partial charge on any atom is -0.365 e. The minimum atomic E-state index is -4.24. The Morgan fingerprint density at radius 3 is 2.37 bits per heavy atom. The summed E-state index contributed by atoms with van der Waals surface area (Å²) in [7, 11) is 0. The van der Waals surface area contributed by atoms with Crippen molar-refractivity contribution in [3.63, 3.8) is 0 Å². The summed E-state index contributed by atoms with van der Waals surface area (Å²) in [6.07, 6.45) is 1.89. The first-order valence-electron chi connectivity index (χ1n) is 6.96. The average molecular weight is 271 g/mol. The van der Waals surface area contributed by atoms with Gasteiger partial charge in [0, 0.05) is 18.3 Å². The lowest BCUT2D eigenvalue weighted by atomic mass is 10.1. The number of hydrogen-bond donors (Lipinski definition) is 0. The third kappa shape index (κ3) is 3.88. The molecule has 0 radical (unpaired) electrons. The topological polar surface area (TPSA) is 3.01 Å². The third-order valence-corrected chi connectivity index (χ3v) is 3.63. The van der Waals surface area contributed by atoms with E-state index in [1.807, 2.05) is 0 Å². The molecule has 0 aromatic heterocycles. The van der Waals surface area contributed by atoms with Crippen molar-refractivity contribution in [3.05, 3.63) is 29.8 Å². The molecule has 1 aromatic rings. The van der Waals surface area contributed by atoms with E-state index in [1.54, 1.807) is 12.1 Å². The fraction of sp³-hybridized carbons (Fsp3) is 0.600. The lowest BCUT2D eigenvalue weighted by molar-refractivity contribution is -0.137. The summed E-state index contributed by atoms with van der Waals surface area (Å²) in [5.41, 5.74) is 0.339. The second-order valence-electron chi connectivity index (χ2n) is 5.20. The molecule has 1 saturated heterocycles.